The lowest BCUT2D eigenvalue weighted by Crippen LogP contribution is -2.08. The molecule has 0 saturated heterocycles. The van der Waals surface area contributed by atoms with Crippen LogP contribution in [0.25, 0.3) is 0 Å². The molecule has 3 heteroatoms. The standard InChI is InChI=1S/C18H22N2O/c1-13(15-5-3-4-14(8-15)12-21)19-18-7-6-16-10-20(2)11-17(16)9-18/h3-9,13,19,21H,10-12H2,1-2H3. The number of nitrogens with one attached hydrogen (secondary N) is 1. The lowest BCUT2D eigenvalue weighted by Gasteiger charge is -2.17. The van der Waals surface area contributed by atoms with Crippen molar-refractivity contribution in [3.63, 3.8) is 0 Å². The van der Waals surface area contributed by atoms with Crippen LogP contribution in [-0.2, 0) is 19.7 Å². The second-order valence-electron chi connectivity index (χ2n) is 5.92. The molecule has 3 nitrogen and oxygen atoms in total. The van der Waals surface area contributed by atoms with Crippen LogP contribution in [0.3, 0.4) is 0 Å². The first-order chi connectivity index (χ1) is 10.2. The monoisotopic (exact) mass is 282 g/mol. The Bertz CT molecular complexity index is 639. The minimum absolute atomic E-state index is 0.0890. The van der Waals surface area contributed by atoms with E-state index >= 15 is 0 Å². The zero-order chi connectivity index (χ0) is 14.8. The molecule has 21 heavy (non-hydrogen) atoms. The minimum Gasteiger partial charge on any atom is -0.392 e. The Balaban J connectivity index is 1.75. The molecule has 0 radical (unpaired) electrons. The van der Waals surface area contributed by atoms with E-state index in [-0.39, 0.29) is 12.6 Å². The number of rotatable bonds is 4. The number of benzene rings is 2. The molecule has 0 saturated carbocycles. The number of fused-ring (bicyclic) bond motifs is 1. The summed E-state index contributed by atoms with van der Waals surface area (Å²) in [4.78, 5) is 2.32. The van der Waals surface area contributed by atoms with Gasteiger partial charge in [-0.05, 0) is 48.4 Å². The molecular weight excluding hydrogens is 260 g/mol. The van der Waals surface area contributed by atoms with Gasteiger partial charge in [0.25, 0.3) is 0 Å². The van der Waals surface area contributed by atoms with Gasteiger partial charge in [0.05, 0.1) is 6.61 Å². The Morgan fingerprint density at radius 1 is 1.14 bits per heavy atom. The SMILES string of the molecule is CC(Nc1ccc2c(c1)CN(C)C2)c1cccc(CO)c1. The first-order valence-electron chi connectivity index (χ1n) is 7.42. The van der Waals surface area contributed by atoms with Crippen LogP contribution in [0.2, 0.25) is 0 Å². The Morgan fingerprint density at radius 2 is 1.95 bits per heavy atom. The van der Waals surface area contributed by atoms with Crippen molar-refractivity contribution < 1.29 is 5.11 Å². The van der Waals surface area contributed by atoms with E-state index in [0.717, 1.165) is 24.3 Å². The quantitative estimate of drug-likeness (QED) is 0.903. The zero-order valence-electron chi connectivity index (χ0n) is 12.6. The van der Waals surface area contributed by atoms with E-state index in [2.05, 4.69) is 54.5 Å². The fraction of sp³-hybridized carbons (Fsp3) is 0.333. The maximum atomic E-state index is 9.24. The van der Waals surface area contributed by atoms with Crippen LogP contribution in [0.15, 0.2) is 42.5 Å². The van der Waals surface area contributed by atoms with E-state index in [9.17, 15) is 5.11 Å². The number of hydrogen-bond donors (Lipinski definition) is 2. The van der Waals surface area contributed by atoms with Crippen LogP contribution >= 0.6 is 0 Å². The van der Waals surface area contributed by atoms with Crippen molar-refractivity contribution in [3.8, 4) is 0 Å². The van der Waals surface area contributed by atoms with Gasteiger partial charge in [0.1, 0.15) is 0 Å². The number of nitrogens with zero attached hydrogens (tertiary/aromatic N) is 1. The lowest BCUT2D eigenvalue weighted by molar-refractivity contribution is 0.281. The predicted octanol–water partition coefficient (Wildman–Crippen LogP) is 3.30. The van der Waals surface area contributed by atoms with Gasteiger partial charge in [-0.3, -0.25) is 4.90 Å². The fourth-order valence-corrected chi connectivity index (χ4v) is 2.95. The van der Waals surface area contributed by atoms with Crippen molar-refractivity contribution in [2.45, 2.75) is 32.7 Å². The Labute approximate surface area is 126 Å². The molecule has 0 spiro atoms. The van der Waals surface area contributed by atoms with E-state index in [1.54, 1.807) is 0 Å². The van der Waals surface area contributed by atoms with Crippen LogP contribution in [-0.4, -0.2) is 17.1 Å². The molecule has 1 aliphatic rings. The van der Waals surface area contributed by atoms with E-state index in [1.807, 2.05) is 12.1 Å². The molecular formula is C18H22N2O. The Kier molecular flexibility index (Phi) is 3.95. The molecule has 0 fully saturated rings. The highest BCUT2D eigenvalue weighted by Gasteiger charge is 2.16. The third-order valence-electron chi connectivity index (χ3n) is 4.10. The summed E-state index contributed by atoms with van der Waals surface area (Å²) in [7, 11) is 2.15. The van der Waals surface area contributed by atoms with E-state index in [0.29, 0.717) is 0 Å². The van der Waals surface area contributed by atoms with Gasteiger partial charge in [-0.15, -0.1) is 0 Å². The van der Waals surface area contributed by atoms with Gasteiger partial charge >= 0.3 is 0 Å². The maximum Gasteiger partial charge on any atom is 0.0681 e. The molecule has 2 aromatic carbocycles. The highest BCUT2D eigenvalue weighted by atomic mass is 16.3. The molecule has 1 unspecified atom stereocenters. The van der Waals surface area contributed by atoms with Gasteiger partial charge in [-0.1, -0.05) is 30.3 Å². The van der Waals surface area contributed by atoms with Gasteiger partial charge < -0.3 is 10.4 Å². The van der Waals surface area contributed by atoms with Gasteiger partial charge in [-0.25, -0.2) is 0 Å². The molecule has 0 amide bonds. The third kappa shape index (κ3) is 3.09. The predicted molar refractivity (Wildman–Crippen MR) is 86.0 cm³/mol. The summed E-state index contributed by atoms with van der Waals surface area (Å²) in [6.07, 6.45) is 0. The fourth-order valence-electron chi connectivity index (χ4n) is 2.95. The topological polar surface area (TPSA) is 35.5 Å². The van der Waals surface area contributed by atoms with E-state index < -0.39 is 0 Å². The normalized spacial score (nSPS) is 15.8. The number of anilines is 1. The summed E-state index contributed by atoms with van der Waals surface area (Å²) < 4.78 is 0. The van der Waals surface area contributed by atoms with Gasteiger partial charge in [-0.2, -0.15) is 0 Å². The average Bonchev–Trinajstić information content (AvgIpc) is 2.86. The van der Waals surface area contributed by atoms with Crippen LogP contribution in [0, 0.1) is 0 Å². The highest BCUT2D eigenvalue weighted by Crippen LogP contribution is 2.27. The molecule has 3 rings (SSSR count). The molecule has 0 aliphatic carbocycles. The maximum absolute atomic E-state index is 9.24. The summed E-state index contributed by atoms with van der Waals surface area (Å²) in [5.41, 5.74) is 6.15. The van der Waals surface area contributed by atoms with Crippen molar-refractivity contribution >= 4 is 5.69 Å². The van der Waals surface area contributed by atoms with Crippen molar-refractivity contribution in [1.82, 2.24) is 4.90 Å². The average molecular weight is 282 g/mol. The van der Waals surface area contributed by atoms with E-state index in [4.69, 9.17) is 0 Å². The summed E-state index contributed by atoms with van der Waals surface area (Å²) in [5.74, 6) is 0. The first-order valence-corrected chi connectivity index (χ1v) is 7.42. The third-order valence-corrected chi connectivity index (χ3v) is 4.10. The number of hydrogen-bond acceptors (Lipinski definition) is 3. The second-order valence-corrected chi connectivity index (χ2v) is 5.92. The van der Waals surface area contributed by atoms with Crippen LogP contribution in [0.1, 0.15) is 35.2 Å². The van der Waals surface area contributed by atoms with Crippen LogP contribution < -0.4 is 5.32 Å². The molecule has 1 heterocycles. The van der Waals surface area contributed by atoms with Crippen LogP contribution in [0.4, 0.5) is 5.69 Å². The van der Waals surface area contributed by atoms with Crippen LogP contribution in [0.5, 0.6) is 0 Å². The smallest absolute Gasteiger partial charge is 0.0681 e. The number of aliphatic hydroxyl groups is 1. The molecule has 1 atom stereocenters. The number of aliphatic hydroxyl groups excluding tert-OH is 1. The van der Waals surface area contributed by atoms with Crippen molar-refractivity contribution in [1.29, 1.82) is 0 Å². The largest absolute Gasteiger partial charge is 0.392 e. The minimum atomic E-state index is 0.0890. The summed E-state index contributed by atoms with van der Waals surface area (Å²) in [5, 5.41) is 12.8. The van der Waals surface area contributed by atoms with Crippen molar-refractivity contribution in [2.24, 2.45) is 0 Å². The summed E-state index contributed by atoms with van der Waals surface area (Å²) >= 11 is 0. The lowest BCUT2D eigenvalue weighted by atomic mass is 10.0. The Morgan fingerprint density at radius 3 is 2.76 bits per heavy atom. The van der Waals surface area contributed by atoms with E-state index in [1.165, 1.54) is 16.7 Å². The second kappa shape index (κ2) is 5.88. The zero-order valence-corrected chi connectivity index (χ0v) is 12.6. The summed E-state index contributed by atoms with van der Waals surface area (Å²) in [6, 6.07) is 14.9. The van der Waals surface area contributed by atoms with Crippen molar-refractivity contribution in [3.05, 3.63) is 64.7 Å². The summed E-state index contributed by atoms with van der Waals surface area (Å²) in [6.45, 7) is 4.31. The molecule has 0 bridgehead atoms. The molecule has 1 aliphatic heterocycles. The van der Waals surface area contributed by atoms with Gasteiger partial charge in [0, 0.05) is 24.8 Å². The molecule has 2 aromatic rings. The highest BCUT2D eigenvalue weighted by molar-refractivity contribution is 5.51. The molecule has 2 N–H and O–H groups in total. The first kappa shape index (κ1) is 14.1. The van der Waals surface area contributed by atoms with Gasteiger partial charge in [0.15, 0.2) is 0 Å². The molecule has 110 valence electrons. The Hall–Kier alpha value is -1.84. The van der Waals surface area contributed by atoms with Gasteiger partial charge in [0.2, 0.25) is 0 Å². The molecule has 0 aromatic heterocycles. The van der Waals surface area contributed by atoms with Crippen molar-refractivity contribution in [2.75, 3.05) is 12.4 Å².